The fourth-order valence-corrected chi connectivity index (χ4v) is 0.276. The second-order valence-corrected chi connectivity index (χ2v) is 2.01. The minimum Gasteiger partial charge on any atom is -0.478 e. The van der Waals surface area contributed by atoms with Gasteiger partial charge >= 0.3 is 23.9 Å². The van der Waals surface area contributed by atoms with Gasteiger partial charge in [0.1, 0.15) is 0 Å². The van der Waals surface area contributed by atoms with Gasteiger partial charge in [0, 0.05) is 12.2 Å². The van der Waals surface area contributed by atoms with E-state index in [0.29, 0.717) is 0 Å². The van der Waals surface area contributed by atoms with Crippen LogP contribution < -0.4 is 0 Å². The number of allylic oxidation sites excluding steroid dienone is 2. The van der Waals surface area contributed by atoms with Crippen molar-refractivity contribution in [2.24, 2.45) is 0 Å². The number of aliphatic carboxylic acids is 4. The van der Waals surface area contributed by atoms with Crippen LogP contribution in [0.25, 0.3) is 0 Å². The highest BCUT2D eigenvalue weighted by Gasteiger charge is 2.04. The predicted molar refractivity (Wildman–Crippen MR) is 48.8 cm³/mol. The first kappa shape index (κ1) is 15.8. The zero-order valence-corrected chi connectivity index (χ0v) is 7.73. The summed E-state index contributed by atoms with van der Waals surface area (Å²) in [6, 6.07) is 0. The Morgan fingerprint density at radius 1 is 0.625 bits per heavy atom. The van der Waals surface area contributed by atoms with Crippen LogP contribution in [0, 0.1) is 0 Å². The average molecular weight is 232 g/mol. The van der Waals surface area contributed by atoms with E-state index < -0.39 is 23.9 Å². The van der Waals surface area contributed by atoms with Crippen molar-refractivity contribution in [2.75, 3.05) is 0 Å². The van der Waals surface area contributed by atoms with Gasteiger partial charge in [-0.25, -0.2) is 19.2 Å². The largest absolute Gasteiger partial charge is 0.478 e. The maximum Gasteiger partial charge on any atom is 0.414 e. The van der Waals surface area contributed by atoms with E-state index in [1.54, 1.807) is 0 Å². The van der Waals surface area contributed by atoms with Crippen LogP contribution in [0.1, 0.15) is 0 Å². The van der Waals surface area contributed by atoms with Gasteiger partial charge in [0.25, 0.3) is 0 Å². The molecule has 0 heterocycles. The SMILES string of the molecule is O=C(O)C(=O)O.O=C(O)C=CC=CC(=O)O. The summed E-state index contributed by atoms with van der Waals surface area (Å²) in [5.74, 6) is -5.85. The molecule has 0 saturated heterocycles. The van der Waals surface area contributed by atoms with E-state index in [9.17, 15) is 9.59 Å². The molecule has 0 aliphatic heterocycles. The van der Waals surface area contributed by atoms with E-state index in [-0.39, 0.29) is 0 Å². The van der Waals surface area contributed by atoms with Crippen LogP contribution in [-0.2, 0) is 19.2 Å². The van der Waals surface area contributed by atoms with Gasteiger partial charge in [0.05, 0.1) is 0 Å². The van der Waals surface area contributed by atoms with Crippen LogP contribution in [-0.4, -0.2) is 44.3 Å². The van der Waals surface area contributed by atoms with Gasteiger partial charge < -0.3 is 20.4 Å². The highest BCUT2D eigenvalue weighted by Crippen LogP contribution is 1.76. The molecule has 0 spiro atoms. The van der Waals surface area contributed by atoms with E-state index in [1.807, 2.05) is 0 Å². The summed E-state index contributed by atoms with van der Waals surface area (Å²) < 4.78 is 0. The van der Waals surface area contributed by atoms with E-state index in [2.05, 4.69) is 0 Å². The molecule has 0 fully saturated rings. The number of carboxylic acid groups (broad SMARTS) is 4. The van der Waals surface area contributed by atoms with Crippen molar-refractivity contribution in [3.05, 3.63) is 24.3 Å². The minimum absolute atomic E-state index is 0.847. The molecule has 0 saturated carbocycles. The van der Waals surface area contributed by atoms with Crippen LogP contribution >= 0.6 is 0 Å². The molecule has 8 nitrogen and oxygen atoms in total. The lowest BCUT2D eigenvalue weighted by Gasteiger charge is -1.75. The standard InChI is InChI=1S/C6H6O4.C2H2O4/c7-5(8)3-1-2-4-6(9)10;3-1(4)2(5)6/h1-4H,(H,7,8)(H,9,10);(H,3,4)(H,5,6). The quantitative estimate of drug-likeness (QED) is 0.287. The van der Waals surface area contributed by atoms with Gasteiger partial charge in [-0.15, -0.1) is 0 Å². The number of carboxylic acids is 4. The molecule has 0 aromatic heterocycles. The zero-order chi connectivity index (χ0) is 13.1. The van der Waals surface area contributed by atoms with Gasteiger partial charge in [0.15, 0.2) is 0 Å². The Labute approximate surface area is 88.7 Å². The molecule has 0 aromatic rings. The monoisotopic (exact) mass is 232 g/mol. The third-order valence-corrected chi connectivity index (χ3v) is 0.772. The molecule has 0 aliphatic rings. The Hall–Kier alpha value is -2.64. The van der Waals surface area contributed by atoms with Crippen molar-refractivity contribution in [1.82, 2.24) is 0 Å². The lowest BCUT2D eigenvalue weighted by molar-refractivity contribution is -0.159. The molecule has 16 heavy (non-hydrogen) atoms. The van der Waals surface area contributed by atoms with E-state index in [4.69, 9.17) is 30.0 Å². The molecule has 0 atom stereocenters. The Bertz CT molecular complexity index is 304. The first-order valence-electron chi connectivity index (χ1n) is 3.54. The predicted octanol–water partition coefficient (Wildman–Crippen LogP) is -0.576. The van der Waals surface area contributed by atoms with Crippen LogP contribution in [0.2, 0.25) is 0 Å². The van der Waals surface area contributed by atoms with Crippen LogP contribution in [0.3, 0.4) is 0 Å². The van der Waals surface area contributed by atoms with Crippen molar-refractivity contribution >= 4 is 23.9 Å². The molecule has 88 valence electrons. The number of rotatable bonds is 3. The summed E-state index contributed by atoms with van der Waals surface area (Å²) in [5, 5.41) is 30.8. The second-order valence-electron chi connectivity index (χ2n) is 2.01. The number of hydrogen-bond donors (Lipinski definition) is 4. The Morgan fingerprint density at radius 3 is 1.00 bits per heavy atom. The van der Waals surface area contributed by atoms with Crippen molar-refractivity contribution in [3.8, 4) is 0 Å². The van der Waals surface area contributed by atoms with Crippen molar-refractivity contribution in [1.29, 1.82) is 0 Å². The molecule has 0 rings (SSSR count). The fraction of sp³-hybridized carbons (Fsp3) is 0. The summed E-state index contributed by atoms with van der Waals surface area (Å²) in [6.07, 6.45) is 3.96. The molecule has 0 radical (unpaired) electrons. The van der Waals surface area contributed by atoms with Crippen molar-refractivity contribution in [3.63, 3.8) is 0 Å². The molecule has 0 aliphatic carbocycles. The number of hydrogen-bond acceptors (Lipinski definition) is 4. The molecular weight excluding hydrogens is 224 g/mol. The lowest BCUT2D eigenvalue weighted by atomic mass is 10.4. The lowest BCUT2D eigenvalue weighted by Crippen LogP contribution is -2.09. The van der Waals surface area contributed by atoms with Gasteiger partial charge in [-0.3, -0.25) is 0 Å². The van der Waals surface area contributed by atoms with Crippen LogP contribution in [0.5, 0.6) is 0 Å². The van der Waals surface area contributed by atoms with Gasteiger partial charge in [-0.2, -0.15) is 0 Å². The molecule has 0 amide bonds. The normalized spacial score (nSPS) is 9.50. The highest BCUT2D eigenvalue weighted by molar-refractivity contribution is 6.27. The number of carbonyl (C=O) groups is 4. The fourth-order valence-electron chi connectivity index (χ4n) is 0.276. The van der Waals surface area contributed by atoms with Gasteiger partial charge in [-0.05, 0) is 0 Å². The van der Waals surface area contributed by atoms with Crippen LogP contribution in [0.4, 0.5) is 0 Å². The van der Waals surface area contributed by atoms with Gasteiger partial charge in [0.2, 0.25) is 0 Å². The Balaban J connectivity index is 0. The summed E-state index contributed by atoms with van der Waals surface area (Å²) in [5.41, 5.74) is 0. The molecular formula is C8H8O8. The molecule has 0 unspecified atom stereocenters. The summed E-state index contributed by atoms with van der Waals surface area (Å²) in [4.78, 5) is 37.8. The van der Waals surface area contributed by atoms with E-state index >= 15 is 0 Å². The molecule has 4 N–H and O–H groups in total. The third kappa shape index (κ3) is 17.4. The first-order valence-corrected chi connectivity index (χ1v) is 3.54. The third-order valence-electron chi connectivity index (χ3n) is 0.772. The summed E-state index contributed by atoms with van der Waals surface area (Å²) in [7, 11) is 0. The van der Waals surface area contributed by atoms with Gasteiger partial charge in [-0.1, -0.05) is 12.2 Å². The molecule has 8 heteroatoms. The van der Waals surface area contributed by atoms with E-state index in [0.717, 1.165) is 24.3 Å². The highest BCUT2D eigenvalue weighted by atomic mass is 16.4. The van der Waals surface area contributed by atoms with E-state index in [1.165, 1.54) is 0 Å². The Kier molecular flexibility index (Phi) is 8.83. The average Bonchev–Trinajstić information content (AvgIpc) is 2.12. The summed E-state index contributed by atoms with van der Waals surface area (Å²) in [6.45, 7) is 0. The molecule has 0 bridgehead atoms. The Morgan fingerprint density at radius 2 is 0.875 bits per heavy atom. The van der Waals surface area contributed by atoms with Crippen molar-refractivity contribution in [2.45, 2.75) is 0 Å². The topological polar surface area (TPSA) is 149 Å². The zero-order valence-electron chi connectivity index (χ0n) is 7.73. The second kappa shape index (κ2) is 8.94. The maximum absolute atomic E-state index is 9.78. The van der Waals surface area contributed by atoms with Crippen LogP contribution in [0.15, 0.2) is 24.3 Å². The smallest absolute Gasteiger partial charge is 0.414 e. The summed E-state index contributed by atoms with van der Waals surface area (Å²) >= 11 is 0. The van der Waals surface area contributed by atoms with Crippen molar-refractivity contribution < 1.29 is 39.6 Å². The maximum atomic E-state index is 9.78. The first-order chi connectivity index (χ1) is 7.27. The molecule has 0 aromatic carbocycles. The minimum atomic E-state index is -1.82.